The fourth-order valence-corrected chi connectivity index (χ4v) is 2.28. The number of hydrogen-bond acceptors (Lipinski definition) is 3. The van der Waals surface area contributed by atoms with Gasteiger partial charge in [0.15, 0.2) is 0 Å². The molecule has 0 heterocycles. The zero-order valence-corrected chi connectivity index (χ0v) is 6.21. The van der Waals surface area contributed by atoms with Crippen molar-refractivity contribution in [3.05, 3.63) is 0 Å². The highest BCUT2D eigenvalue weighted by Gasteiger charge is 2.50. The van der Waals surface area contributed by atoms with Crippen molar-refractivity contribution in [1.29, 1.82) is 0 Å². The predicted molar refractivity (Wildman–Crippen MR) is 39.9 cm³/mol. The van der Waals surface area contributed by atoms with Crippen LogP contribution in [-0.4, -0.2) is 9.74 Å². The molecule has 2 saturated carbocycles. The van der Waals surface area contributed by atoms with Gasteiger partial charge in [-0.15, -0.1) is 11.8 Å². The molecule has 0 saturated heterocycles. The summed E-state index contributed by atoms with van der Waals surface area (Å²) >= 11 is 1.79. The van der Waals surface area contributed by atoms with Gasteiger partial charge < -0.3 is 11.5 Å². The molecule has 4 N–H and O–H groups in total. The highest BCUT2D eigenvalue weighted by Crippen LogP contribution is 2.55. The SMILES string of the molecule is NC1(SC2(N)CC2)CC1. The summed E-state index contributed by atoms with van der Waals surface area (Å²) in [7, 11) is 0. The maximum absolute atomic E-state index is 5.86. The Kier molecular flexibility index (Phi) is 0.979. The molecule has 2 fully saturated rings. The molecule has 2 rings (SSSR count). The van der Waals surface area contributed by atoms with Gasteiger partial charge in [-0.05, 0) is 25.7 Å². The van der Waals surface area contributed by atoms with Crippen LogP contribution < -0.4 is 11.5 Å². The van der Waals surface area contributed by atoms with Crippen molar-refractivity contribution in [2.45, 2.75) is 35.4 Å². The van der Waals surface area contributed by atoms with Gasteiger partial charge in [0, 0.05) is 0 Å². The van der Waals surface area contributed by atoms with Gasteiger partial charge in [-0.1, -0.05) is 0 Å². The van der Waals surface area contributed by atoms with Crippen LogP contribution >= 0.6 is 11.8 Å². The molecule has 0 amide bonds. The number of thioether (sulfide) groups is 1. The molecule has 0 aromatic carbocycles. The first kappa shape index (κ1) is 6.01. The van der Waals surface area contributed by atoms with Crippen molar-refractivity contribution in [1.82, 2.24) is 0 Å². The Hall–Kier alpha value is 0.270. The fourth-order valence-electron chi connectivity index (χ4n) is 0.855. The Morgan fingerprint density at radius 1 is 0.889 bits per heavy atom. The average molecular weight is 144 g/mol. The smallest absolute Gasteiger partial charge is 0.0640 e. The van der Waals surface area contributed by atoms with Crippen LogP contribution in [0.4, 0.5) is 0 Å². The van der Waals surface area contributed by atoms with Gasteiger partial charge in [0.05, 0.1) is 9.74 Å². The molecule has 0 spiro atoms. The molecule has 2 aliphatic rings. The third-order valence-electron chi connectivity index (χ3n) is 1.89. The van der Waals surface area contributed by atoms with Gasteiger partial charge in [-0.3, -0.25) is 0 Å². The Morgan fingerprint density at radius 3 is 1.44 bits per heavy atom. The van der Waals surface area contributed by atoms with Gasteiger partial charge in [0.25, 0.3) is 0 Å². The lowest BCUT2D eigenvalue weighted by atomic mass is 10.7. The predicted octanol–water partition coefficient (Wildman–Crippen LogP) is 0.617. The Labute approximate surface area is 59.4 Å². The second kappa shape index (κ2) is 1.47. The van der Waals surface area contributed by atoms with E-state index in [0.717, 1.165) is 25.7 Å². The quantitative estimate of drug-likeness (QED) is 0.558. The Bertz CT molecular complexity index is 122. The molecule has 2 nitrogen and oxygen atoms in total. The van der Waals surface area contributed by atoms with Crippen LogP contribution in [0.3, 0.4) is 0 Å². The van der Waals surface area contributed by atoms with E-state index in [4.69, 9.17) is 11.5 Å². The summed E-state index contributed by atoms with van der Waals surface area (Å²) in [5.74, 6) is 0. The normalized spacial score (nSPS) is 34.0. The average Bonchev–Trinajstić information content (AvgIpc) is 2.55. The molecule has 0 aliphatic heterocycles. The minimum absolute atomic E-state index is 0.0885. The van der Waals surface area contributed by atoms with Crippen molar-refractivity contribution in [3.63, 3.8) is 0 Å². The maximum Gasteiger partial charge on any atom is 0.0640 e. The molecule has 3 heteroatoms. The van der Waals surface area contributed by atoms with Crippen LogP contribution in [0.5, 0.6) is 0 Å². The largest absolute Gasteiger partial charge is 0.317 e. The van der Waals surface area contributed by atoms with E-state index in [1.165, 1.54) is 0 Å². The molecule has 0 aromatic rings. The molecule has 0 unspecified atom stereocenters. The van der Waals surface area contributed by atoms with Crippen molar-refractivity contribution >= 4 is 11.8 Å². The first-order valence-corrected chi connectivity index (χ1v) is 4.22. The maximum atomic E-state index is 5.86. The summed E-state index contributed by atoms with van der Waals surface area (Å²) in [5.41, 5.74) is 11.7. The van der Waals surface area contributed by atoms with E-state index in [1.54, 1.807) is 11.8 Å². The highest BCUT2D eigenvalue weighted by atomic mass is 32.2. The van der Waals surface area contributed by atoms with Crippen LogP contribution in [-0.2, 0) is 0 Å². The molecular formula is C6H12N2S. The molecule has 52 valence electrons. The van der Waals surface area contributed by atoms with Crippen LogP contribution in [0, 0.1) is 0 Å². The van der Waals surface area contributed by atoms with E-state index in [0.29, 0.717) is 0 Å². The van der Waals surface area contributed by atoms with Gasteiger partial charge in [0.2, 0.25) is 0 Å². The molecule has 0 bridgehead atoms. The lowest BCUT2D eigenvalue weighted by molar-refractivity contribution is 0.917. The van der Waals surface area contributed by atoms with E-state index in [9.17, 15) is 0 Å². The van der Waals surface area contributed by atoms with E-state index in [2.05, 4.69) is 0 Å². The summed E-state index contributed by atoms with van der Waals surface area (Å²) in [4.78, 5) is 0.177. The minimum Gasteiger partial charge on any atom is -0.317 e. The second-order valence-electron chi connectivity index (χ2n) is 3.23. The van der Waals surface area contributed by atoms with Gasteiger partial charge in [0.1, 0.15) is 0 Å². The summed E-state index contributed by atoms with van der Waals surface area (Å²) in [6.07, 6.45) is 4.65. The highest BCUT2D eigenvalue weighted by molar-refractivity contribution is 8.02. The molecule has 2 aliphatic carbocycles. The zero-order valence-electron chi connectivity index (χ0n) is 5.39. The van der Waals surface area contributed by atoms with Gasteiger partial charge in [-0.25, -0.2) is 0 Å². The van der Waals surface area contributed by atoms with Crippen molar-refractivity contribution in [2.75, 3.05) is 0 Å². The third-order valence-corrected chi connectivity index (χ3v) is 3.52. The second-order valence-corrected chi connectivity index (χ2v) is 5.06. The lowest BCUT2D eigenvalue weighted by Crippen LogP contribution is -2.27. The monoisotopic (exact) mass is 144 g/mol. The first-order chi connectivity index (χ1) is 4.12. The van der Waals surface area contributed by atoms with E-state index in [1.807, 2.05) is 0 Å². The van der Waals surface area contributed by atoms with E-state index in [-0.39, 0.29) is 9.74 Å². The first-order valence-electron chi connectivity index (χ1n) is 3.40. The third kappa shape index (κ3) is 1.23. The summed E-state index contributed by atoms with van der Waals surface area (Å²) in [5, 5.41) is 0. The molecule has 9 heavy (non-hydrogen) atoms. The van der Waals surface area contributed by atoms with E-state index < -0.39 is 0 Å². The topological polar surface area (TPSA) is 52.0 Å². The molecule has 0 radical (unpaired) electrons. The van der Waals surface area contributed by atoms with Crippen molar-refractivity contribution in [2.24, 2.45) is 11.5 Å². The summed E-state index contributed by atoms with van der Waals surface area (Å²) in [6, 6.07) is 0. The van der Waals surface area contributed by atoms with Crippen LogP contribution in [0.2, 0.25) is 0 Å². The van der Waals surface area contributed by atoms with Crippen LogP contribution in [0.25, 0.3) is 0 Å². The van der Waals surface area contributed by atoms with Gasteiger partial charge >= 0.3 is 0 Å². The Balaban J connectivity index is 1.90. The standard InChI is InChI=1S/C6H12N2S/c7-5(1-2-5)9-6(8)3-4-6/h1-4,7-8H2. The number of nitrogens with two attached hydrogens (primary N) is 2. The van der Waals surface area contributed by atoms with Gasteiger partial charge in [-0.2, -0.15) is 0 Å². The summed E-state index contributed by atoms with van der Waals surface area (Å²) < 4.78 is 0. The van der Waals surface area contributed by atoms with E-state index >= 15 is 0 Å². The summed E-state index contributed by atoms with van der Waals surface area (Å²) in [6.45, 7) is 0. The zero-order chi connectivity index (χ0) is 6.54. The fraction of sp³-hybridized carbons (Fsp3) is 1.00. The number of rotatable bonds is 2. The van der Waals surface area contributed by atoms with Crippen LogP contribution in [0.15, 0.2) is 0 Å². The minimum atomic E-state index is 0.0885. The Morgan fingerprint density at radius 2 is 1.22 bits per heavy atom. The van der Waals surface area contributed by atoms with Crippen molar-refractivity contribution < 1.29 is 0 Å². The van der Waals surface area contributed by atoms with Crippen LogP contribution in [0.1, 0.15) is 25.7 Å². The van der Waals surface area contributed by atoms with Crippen molar-refractivity contribution in [3.8, 4) is 0 Å². The molecule has 0 atom stereocenters. The number of hydrogen-bond donors (Lipinski definition) is 2. The lowest BCUT2D eigenvalue weighted by Gasteiger charge is -2.13. The molecular weight excluding hydrogens is 132 g/mol. The molecule has 0 aromatic heterocycles.